The molecule has 0 aliphatic carbocycles. The Balaban J connectivity index is 2.31. The number of hydrogen-bond donors (Lipinski definition) is 3. The predicted molar refractivity (Wildman–Crippen MR) is 161 cm³/mol. The van der Waals surface area contributed by atoms with E-state index in [0.29, 0.717) is 19.4 Å². The molecule has 1 unspecified atom stereocenters. The van der Waals surface area contributed by atoms with Gasteiger partial charge in [-0.2, -0.15) is 0 Å². The van der Waals surface area contributed by atoms with Crippen LogP contribution in [0.4, 0.5) is 4.79 Å². The topological polar surface area (TPSA) is 118 Å². The Morgan fingerprint density at radius 2 is 1.68 bits per heavy atom. The van der Waals surface area contributed by atoms with Crippen LogP contribution in [0.25, 0.3) is 0 Å². The fourth-order valence-corrected chi connectivity index (χ4v) is 4.69. The number of hydrogen-bond acceptors (Lipinski definition) is 6. The number of nitrogens with one attached hydrogen (secondary N) is 1. The Morgan fingerprint density at radius 1 is 1.00 bits per heavy atom. The van der Waals surface area contributed by atoms with Crippen LogP contribution in [0.3, 0.4) is 0 Å². The maximum absolute atomic E-state index is 12.7. The molecule has 0 radical (unpaired) electrons. The Morgan fingerprint density at radius 3 is 2.22 bits per heavy atom. The lowest BCUT2D eigenvalue weighted by molar-refractivity contribution is -0.142. The molecule has 1 aromatic carbocycles. The van der Waals surface area contributed by atoms with E-state index in [0.717, 1.165) is 22.6 Å². The standard InChI is InChI=1S/C33H50N2O6/c1-21(2)24(19-27(28(36)16-22(3)30(37)38)35-31(39)41-33(7,8)9)17-23-13-14-26(32(4,5)6)29(18-23)40-20-25-12-10-11-15-34-25/h10-15,18,21-22,24,27-28,36H,16-17,19-20H2,1-9H3,(H,35,39)(H,37,38)/t22?,24-,27-,28-/m0/s1. The zero-order valence-electron chi connectivity index (χ0n) is 26.2. The lowest BCUT2D eigenvalue weighted by Crippen LogP contribution is -2.47. The summed E-state index contributed by atoms with van der Waals surface area (Å²) in [7, 11) is 0. The number of aromatic nitrogens is 1. The van der Waals surface area contributed by atoms with Gasteiger partial charge in [0.1, 0.15) is 18.0 Å². The molecule has 1 heterocycles. The number of amides is 1. The van der Waals surface area contributed by atoms with Crippen LogP contribution in [0.15, 0.2) is 42.6 Å². The maximum Gasteiger partial charge on any atom is 0.407 e. The molecule has 8 heteroatoms. The van der Waals surface area contributed by atoms with E-state index in [2.05, 4.69) is 63.1 Å². The van der Waals surface area contributed by atoms with Crippen molar-refractivity contribution in [1.82, 2.24) is 10.3 Å². The molecule has 2 rings (SSSR count). The first-order valence-electron chi connectivity index (χ1n) is 14.5. The van der Waals surface area contributed by atoms with E-state index in [4.69, 9.17) is 9.47 Å². The first-order valence-corrected chi connectivity index (χ1v) is 14.5. The average Bonchev–Trinajstić information content (AvgIpc) is 2.85. The van der Waals surface area contributed by atoms with Crippen LogP contribution >= 0.6 is 0 Å². The molecule has 0 spiro atoms. The number of pyridine rings is 1. The van der Waals surface area contributed by atoms with Gasteiger partial charge in [0, 0.05) is 6.20 Å². The lowest BCUT2D eigenvalue weighted by Gasteiger charge is -2.32. The summed E-state index contributed by atoms with van der Waals surface area (Å²) in [6.07, 6.45) is 1.24. The number of nitrogens with zero attached hydrogens (tertiary/aromatic N) is 1. The summed E-state index contributed by atoms with van der Waals surface area (Å²) >= 11 is 0. The Kier molecular flexibility index (Phi) is 12.2. The van der Waals surface area contributed by atoms with Crippen LogP contribution in [0.5, 0.6) is 5.75 Å². The van der Waals surface area contributed by atoms with Gasteiger partial charge >= 0.3 is 12.1 Å². The fourth-order valence-electron chi connectivity index (χ4n) is 4.69. The Bertz CT molecular complexity index is 1120. The minimum absolute atomic E-state index is 0.0202. The van der Waals surface area contributed by atoms with Crippen molar-refractivity contribution >= 4 is 12.1 Å². The van der Waals surface area contributed by atoms with Crippen molar-refractivity contribution in [3.05, 3.63) is 59.4 Å². The SMILES string of the molecule is CC(C[C@H](O)[C@H](C[C@H](Cc1ccc(C(C)(C)C)c(OCc2ccccn2)c1)C(C)C)NC(=O)OC(C)(C)C)C(=O)O. The quantitative estimate of drug-likeness (QED) is 0.251. The van der Waals surface area contributed by atoms with Gasteiger partial charge in [-0.3, -0.25) is 9.78 Å². The number of carboxylic acid groups (broad SMARTS) is 1. The second kappa shape index (κ2) is 14.7. The monoisotopic (exact) mass is 570 g/mol. The molecule has 8 nitrogen and oxygen atoms in total. The van der Waals surface area contributed by atoms with Crippen LogP contribution in [-0.2, 0) is 28.0 Å². The van der Waals surface area contributed by atoms with Gasteiger partial charge in [0.25, 0.3) is 0 Å². The summed E-state index contributed by atoms with van der Waals surface area (Å²) in [6, 6.07) is 11.4. The molecule has 41 heavy (non-hydrogen) atoms. The van der Waals surface area contributed by atoms with E-state index in [9.17, 15) is 19.8 Å². The van der Waals surface area contributed by atoms with Crippen LogP contribution in [-0.4, -0.2) is 45.0 Å². The van der Waals surface area contributed by atoms with Gasteiger partial charge in [-0.1, -0.05) is 59.7 Å². The highest BCUT2D eigenvalue weighted by Crippen LogP contribution is 2.34. The molecule has 0 fully saturated rings. The number of carboxylic acids is 1. The van der Waals surface area contributed by atoms with Crippen molar-refractivity contribution in [2.45, 2.75) is 111 Å². The van der Waals surface area contributed by atoms with Crippen molar-refractivity contribution in [3.8, 4) is 5.75 Å². The third kappa shape index (κ3) is 11.7. The van der Waals surface area contributed by atoms with Crippen molar-refractivity contribution in [2.75, 3.05) is 0 Å². The summed E-state index contributed by atoms with van der Waals surface area (Å²) < 4.78 is 11.7. The zero-order chi connectivity index (χ0) is 31.0. The first kappa shape index (κ1) is 34.1. The molecule has 0 aliphatic heterocycles. The number of carbonyl (C=O) groups is 2. The van der Waals surface area contributed by atoms with E-state index in [1.54, 1.807) is 33.9 Å². The highest BCUT2D eigenvalue weighted by atomic mass is 16.6. The summed E-state index contributed by atoms with van der Waals surface area (Å²) in [5, 5.41) is 23.3. The van der Waals surface area contributed by atoms with Gasteiger partial charge < -0.3 is 25.0 Å². The second-order valence-corrected chi connectivity index (χ2v) is 13.4. The average molecular weight is 571 g/mol. The number of aliphatic carboxylic acids is 1. The molecule has 2 aromatic rings. The van der Waals surface area contributed by atoms with Gasteiger partial charge in [-0.15, -0.1) is 0 Å². The molecular formula is C33H50N2O6. The van der Waals surface area contributed by atoms with Crippen molar-refractivity contribution in [1.29, 1.82) is 0 Å². The largest absolute Gasteiger partial charge is 0.487 e. The number of rotatable bonds is 13. The van der Waals surface area contributed by atoms with E-state index in [1.807, 2.05) is 18.2 Å². The predicted octanol–water partition coefficient (Wildman–Crippen LogP) is 6.53. The minimum atomic E-state index is -1.05. The maximum atomic E-state index is 12.7. The van der Waals surface area contributed by atoms with Gasteiger partial charge in [0.15, 0.2) is 0 Å². The number of carbonyl (C=O) groups excluding carboxylic acids is 1. The first-order chi connectivity index (χ1) is 19.0. The van der Waals surface area contributed by atoms with Gasteiger partial charge in [-0.25, -0.2) is 4.79 Å². The number of aliphatic hydroxyl groups is 1. The van der Waals surface area contributed by atoms with Crippen LogP contribution in [0.2, 0.25) is 0 Å². The molecule has 0 saturated heterocycles. The number of ether oxygens (including phenoxy) is 2. The highest BCUT2D eigenvalue weighted by Gasteiger charge is 2.31. The third-order valence-electron chi connectivity index (χ3n) is 7.14. The molecular weight excluding hydrogens is 520 g/mol. The number of aliphatic hydroxyl groups excluding tert-OH is 1. The molecule has 3 N–H and O–H groups in total. The molecule has 0 aliphatic rings. The van der Waals surface area contributed by atoms with Gasteiger partial charge in [0.05, 0.1) is 23.8 Å². The van der Waals surface area contributed by atoms with Gasteiger partial charge in [0.2, 0.25) is 0 Å². The van der Waals surface area contributed by atoms with Crippen molar-refractivity contribution < 1.29 is 29.3 Å². The van der Waals surface area contributed by atoms with Crippen LogP contribution in [0, 0.1) is 17.8 Å². The van der Waals surface area contributed by atoms with Crippen LogP contribution in [0.1, 0.15) is 92.0 Å². The van der Waals surface area contributed by atoms with Crippen LogP contribution < -0.4 is 10.1 Å². The summed E-state index contributed by atoms with van der Waals surface area (Å²) in [6.45, 7) is 17.9. The molecule has 228 valence electrons. The Labute approximate surface area is 245 Å². The summed E-state index contributed by atoms with van der Waals surface area (Å²) in [5.74, 6) is -0.634. The van der Waals surface area contributed by atoms with E-state index < -0.39 is 35.7 Å². The number of benzene rings is 1. The lowest BCUT2D eigenvalue weighted by atomic mass is 9.80. The summed E-state index contributed by atoms with van der Waals surface area (Å²) in [4.78, 5) is 28.5. The van der Waals surface area contributed by atoms with Crippen molar-refractivity contribution in [2.24, 2.45) is 17.8 Å². The molecule has 0 saturated carbocycles. The Hall–Kier alpha value is -3.13. The normalized spacial score (nSPS) is 15.1. The summed E-state index contributed by atoms with van der Waals surface area (Å²) in [5.41, 5.74) is 2.20. The van der Waals surface area contributed by atoms with E-state index >= 15 is 0 Å². The molecule has 1 amide bonds. The van der Waals surface area contributed by atoms with E-state index in [-0.39, 0.29) is 23.7 Å². The third-order valence-corrected chi connectivity index (χ3v) is 7.14. The highest BCUT2D eigenvalue weighted by molar-refractivity contribution is 5.70. The zero-order valence-corrected chi connectivity index (χ0v) is 26.2. The fraction of sp³-hybridized carbons (Fsp3) is 0.606. The molecule has 0 bridgehead atoms. The van der Waals surface area contributed by atoms with Crippen molar-refractivity contribution in [3.63, 3.8) is 0 Å². The number of alkyl carbamates (subject to hydrolysis) is 1. The molecule has 1 aromatic heterocycles. The molecule has 4 atom stereocenters. The van der Waals surface area contributed by atoms with E-state index in [1.165, 1.54) is 0 Å². The minimum Gasteiger partial charge on any atom is -0.487 e. The smallest absolute Gasteiger partial charge is 0.407 e. The van der Waals surface area contributed by atoms with Gasteiger partial charge in [-0.05, 0) is 86.6 Å². The second-order valence-electron chi connectivity index (χ2n) is 13.4.